The Morgan fingerprint density at radius 2 is 1.92 bits per heavy atom. The summed E-state index contributed by atoms with van der Waals surface area (Å²) in [5, 5.41) is 6.74. The largest absolute Gasteiger partial charge is 0.389 e. The van der Waals surface area contributed by atoms with Crippen LogP contribution in [0, 0.1) is 11.6 Å². The smallest absolute Gasteiger partial charge is 0.349 e. The normalized spacial score (nSPS) is 17.0. The summed E-state index contributed by atoms with van der Waals surface area (Å²) >= 11 is 0. The third kappa shape index (κ3) is 4.20. The summed E-state index contributed by atoms with van der Waals surface area (Å²) in [6.45, 7) is 0. The number of hydrogen-bond acceptors (Lipinski definition) is 2. The van der Waals surface area contributed by atoms with Crippen LogP contribution in [0.5, 0.6) is 0 Å². The zero-order valence-electron chi connectivity index (χ0n) is 13.6. The van der Waals surface area contributed by atoms with E-state index >= 15 is 0 Å². The van der Waals surface area contributed by atoms with E-state index in [0.717, 1.165) is 18.2 Å². The number of rotatable bonds is 4. The van der Waals surface area contributed by atoms with Crippen LogP contribution in [0.15, 0.2) is 24.4 Å². The second-order valence-electron chi connectivity index (χ2n) is 6.21. The number of nitrogens with one attached hydrogen (secondary N) is 1. The van der Waals surface area contributed by atoms with E-state index < -0.39 is 42.6 Å². The van der Waals surface area contributed by atoms with Crippen molar-refractivity contribution in [1.29, 1.82) is 0 Å². The molecule has 0 radical (unpaired) electrons. The van der Waals surface area contributed by atoms with Gasteiger partial charge in [0.1, 0.15) is 11.6 Å². The Morgan fingerprint density at radius 1 is 1.23 bits per heavy atom. The van der Waals surface area contributed by atoms with Gasteiger partial charge >= 0.3 is 6.18 Å². The first kappa shape index (κ1) is 18.3. The Balaban J connectivity index is 1.79. The van der Waals surface area contributed by atoms with E-state index in [4.69, 9.17) is 0 Å². The highest BCUT2D eigenvalue weighted by Crippen LogP contribution is 2.31. The van der Waals surface area contributed by atoms with E-state index in [1.807, 2.05) is 0 Å². The molecule has 1 unspecified atom stereocenters. The first-order valence-electron chi connectivity index (χ1n) is 8.12. The predicted octanol–water partition coefficient (Wildman–Crippen LogP) is 3.99. The van der Waals surface area contributed by atoms with Gasteiger partial charge in [-0.15, -0.1) is 0 Å². The number of carbonyl (C=O) groups is 1. The SMILES string of the molecule is O=C(CCC(F)(F)F)NC1CCCc2c1cnn2-c1cc(F)cc(F)c1. The fraction of sp³-hybridized carbons (Fsp3) is 0.412. The zero-order valence-corrected chi connectivity index (χ0v) is 13.6. The van der Waals surface area contributed by atoms with Crippen molar-refractivity contribution >= 4 is 5.91 Å². The lowest BCUT2D eigenvalue weighted by Gasteiger charge is -2.24. The molecule has 140 valence electrons. The number of alkyl halides is 3. The lowest BCUT2D eigenvalue weighted by molar-refractivity contribution is -0.144. The van der Waals surface area contributed by atoms with Gasteiger partial charge in [-0.05, 0) is 31.4 Å². The maximum atomic E-state index is 13.5. The molecule has 0 bridgehead atoms. The molecule has 3 rings (SSSR count). The molecule has 26 heavy (non-hydrogen) atoms. The lowest BCUT2D eigenvalue weighted by atomic mass is 9.92. The van der Waals surface area contributed by atoms with Crippen LogP contribution in [-0.2, 0) is 11.2 Å². The number of nitrogens with zero attached hydrogens (tertiary/aromatic N) is 2. The average Bonchev–Trinajstić information content (AvgIpc) is 2.96. The summed E-state index contributed by atoms with van der Waals surface area (Å²) in [7, 11) is 0. The molecule has 2 aromatic rings. The quantitative estimate of drug-likeness (QED) is 0.824. The van der Waals surface area contributed by atoms with Gasteiger partial charge in [-0.3, -0.25) is 4.79 Å². The topological polar surface area (TPSA) is 46.9 Å². The molecule has 1 amide bonds. The lowest BCUT2D eigenvalue weighted by Crippen LogP contribution is -2.31. The predicted molar refractivity (Wildman–Crippen MR) is 82.6 cm³/mol. The zero-order chi connectivity index (χ0) is 18.9. The summed E-state index contributed by atoms with van der Waals surface area (Å²) in [6.07, 6.45) is -2.91. The van der Waals surface area contributed by atoms with Gasteiger partial charge in [-0.25, -0.2) is 13.5 Å². The molecule has 1 aliphatic rings. The Morgan fingerprint density at radius 3 is 2.58 bits per heavy atom. The molecule has 0 fully saturated rings. The van der Waals surface area contributed by atoms with Gasteiger partial charge in [0, 0.05) is 23.7 Å². The molecular formula is C17H16F5N3O. The highest BCUT2D eigenvalue weighted by molar-refractivity contribution is 5.76. The molecular weight excluding hydrogens is 357 g/mol. The van der Waals surface area contributed by atoms with Crippen LogP contribution in [0.4, 0.5) is 22.0 Å². The summed E-state index contributed by atoms with van der Waals surface area (Å²) in [4.78, 5) is 11.8. The number of aromatic nitrogens is 2. The molecule has 4 nitrogen and oxygen atoms in total. The first-order valence-corrected chi connectivity index (χ1v) is 8.12. The number of halogens is 5. The molecule has 1 N–H and O–H groups in total. The van der Waals surface area contributed by atoms with Gasteiger partial charge < -0.3 is 5.32 Å². The van der Waals surface area contributed by atoms with E-state index in [1.165, 1.54) is 10.9 Å². The number of fused-ring (bicyclic) bond motifs is 1. The van der Waals surface area contributed by atoms with Crippen molar-refractivity contribution in [3.8, 4) is 5.69 Å². The maximum absolute atomic E-state index is 13.5. The number of benzene rings is 1. The van der Waals surface area contributed by atoms with Gasteiger partial charge in [0.25, 0.3) is 0 Å². The van der Waals surface area contributed by atoms with Crippen molar-refractivity contribution < 1.29 is 26.7 Å². The number of hydrogen-bond donors (Lipinski definition) is 1. The molecule has 0 saturated carbocycles. The van der Waals surface area contributed by atoms with Gasteiger partial charge in [0.05, 0.1) is 24.3 Å². The Hall–Kier alpha value is -2.45. The summed E-state index contributed by atoms with van der Waals surface area (Å²) in [5.74, 6) is -2.17. The van der Waals surface area contributed by atoms with Gasteiger partial charge in [-0.2, -0.15) is 18.3 Å². The molecule has 0 aliphatic heterocycles. The van der Waals surface area contributed by atoms with Crippen LogP contribution in [0.1, 0.15) is 43.0 Å². The average molecular weight is 373 g/mol. The van der Waals surface area contributed by atoms with Crippen LogP contribution in [-0.4, -0.2) is 21.9 Å². The highest BCUT2D eigenvalue weighted by Gasteiger charge is 2.30. The molecule has 1 aromatic heterocycles. The van der Waals surface area contributed by atoms with Crippen molar-refractivity contribution in [3.63, 3.8) is 0 Å². The van der Waals surface area contributed by atoms with Gasteiger partial charge in [0.2, 0.25) is 5.91 Å². The van der Waals surface area contributed by atoms with E-state index in [9.17, 15) is 26.7 Å². The molecule has 0 saturated heterocycles. The third-order valence-corrected chi connectivity index (χ3v) is 4.25. The number of carbonyl (C=O) groups excluding carboxylic acids is 1. The minimum atomic E-state index is -4.39. The van der Waals surface area contributed by atoms with Crippen molar-refractivity contribution in [2.75, 3.05) is 0 Å². The van der Waals surface area contributed by atoms with Crippen LogP contribution in [0.2, 0.25) is 0 Å². The van der Waals surface area contributed by atoms with Crippen molar-refractivity contribution in [2.45, 2.75) is 44.3 Å². The molecule has 0 spiro atoms. The van der Waals surface area contributed by atoms with Crippen molar-refractivity contribution in [2.24, 2.45) is 0 Å². The van der Waals surface area contributed by atoms with E-state index in [2.05, 4.69) is 10.4 Å². The second-order valence-corrected chi connectivity index (χ2v) is 6.21. The van der Waals surface area contributed by atoms with Gasteiger partial charge in [-0.1, -0.05) is 0 Å². The Bertz CT molecular complexity index is 795. The van der Waals surface area contributed by atoms with Crippen molar-refractivity contribution in [1.82, 2.24) is 15.1 Å². The van der Waals surface area contributed by atoms with E-state index in [0.29, 0.717) is 30.5 Å². The third-order valence-electron chi connectivity index (χ3n) is 4.25. The summed E-state index contributed by atoms with van der Waals surface area (Å²) in [6, 6.07) is 2.57. The second kappa shape index (κ2) is 7.05. The fourth-order valence-electron chi connectivity index (χ4n) is 3.11. The van der Waals surface area contributed by atoms with Crippen LogP contribution in [0.25, 0.3) is 5.69 Å². The minimum absolute atomic E-state index is 0.216. The first-order chi connectivity index (χ1) is 12.2. The highest BCUT2D eigenvalue weighted by atomic mass is 19.4. The van der Waals surface area contributed by atoms with Crippen molar-refractivity contribution in [3.05, 3.63) is 47.3 Å². The summed E-state index contributed by atoms with van der Waals surface area (Å²) in [5.41, 5.74) is 1.55. The number of amides is 1. The maximum Gasteiger partial charge on any atom is 0.389 e. The molecule has 1 aliphatic carbocycles. The summed E-state index contributed by atoms with van der Waals surface area (Å²) < 4.78 is 65.0. The molecule has 1 aromatic carbocycles. The van der Waals surface area contributed by atoms with E-state index in [-0.39, 0.29) is 5.69 Å². The molecule has 1 atom stereocenters. The standard InChI is InChI=1S/C17H16F5N3O/c18-10-6-11(19)8-12(7-10)25-15-3-1-2-14(13(15)9-23-25)24-16(26)4-5-17(20,21)22/h6-9,14H,1-5H2,(H,24,26). The molecule has 9 heteroatoms. The van der Waals surface area contributed by atoms with Crippen LogP contribution in [0.3, 0.4) is 0 Å². The molecule has 1 heterocycles. The minimum Gasteiger partial charge on any atom is -0.349 e. The van der Waals surface area contributed by atoms with Gasteiger partial charge in [0.15, 0.2) is 0 Å². The Kier molecular flexibility index (Phi) is 4.97. The van der Waals surface area contributed by atoms with Crippen LogP contribution < -0.4 is 5.32 Å². The Labute approximate surface area is 146 Å². The monoisotopic (exact) mass is 373 g/mol. The van der Waals surface area contributed by atoms with E-state index in [1.54, 1.807) is 0 Å². The van der Waals surface area contributed by atoms with Crippen LogP contribution >= 0.6 is 0 Å². The fourth-order valence-corrected chi connectivity index (χ4v) is 3.11.